The minimum atomic E-state index is -1.37. The van der Waals surface area contributed by atoms with Gasteiger partial charge in [0.1, 0.15) is 17.5 Å². The lowest BCUT2D eigenvalue weighted by Gasteiger charge is -2.20. The number of rotatable bonds is 14. The van der Waals surface area contributed by atoms with Gasteiger partial charge in [-0.2, -0.15) is 0 Å². The van der Waals surface area contributed by atoms with Gasteiger partial charge in [0.25, 0.3) is 5.91 Å². The van der Waals surface area contributed by atoms with E-state index in [0.717, 1.165) is 48.1 Å². The van der Waals surface area contributed by atoms with Crippen LogP contribution in [-0.2, 0) is 10.5 Å². The Kier molecular flexibility index (Phi) is 10.5. The van der Waals surface area contributed by atoms with E-state index in [2.05, 4.69) is 12.2 Å². The summed E-state index contributed by atoms with van der Waals surface area (Å²) in [6.07, 6.45) is 5.07. The predicted octanol–water partition coefficient (Wildman–Crippen LogP) is 7.85. The maximum atomic E-state index is 14.2. The molecule has 0 aromatic heterocycles. The van der Waals surface area contributed by atoms with E-state index in [1.807, 2.05) is 60.7 Å². The van der Waals surface area contributed by atoms with E-state index in [1.165, 1.54) is 6.42 Å². The Bertz CT molecular complexity index is 1170. The molecule has 3 rings (SSSR count). The normalized spacial score (nSPS) is 12.1. The highest BCUT2D eigenvalue weighted by Gasteiger charge is 2.18. The standard InChI is InChI=1S/C32H38FNO4/c1-4-5-6-7-8-29(25-9-11-26(12-10-25)31(37)34-22-21-30(35)36)38-28-19-15-24(16-20-28)23-13-17-27(18-14-23)32(2,3)33/h9-20,29H,4-8,21-22H2,1-3H3,(H,34,37)(H,35,36). The number of halogens is 1. The first kappa shape index (κ1) is 28.9. The van der Waals surface area contributed by atoms with Gasteiger partial charge in [0.2, 0.25) is 0 Å². The molecule has 202 valence electrons. The maximum Gasteiger partial charge on any atom is 0.305 e. The third-order valence-corrected chi connectivity index (χ3v) is 6.53. The van der Waals surface area contributed by atoms with Crippen LogP contribution in [0, 0.1) is 0 Å². The van der Waals surface area contributed by atoms with Crippen LogP contribution in [-0.4, -0.2) is 23.5 Å². The molecule has 1 atom stereocenters. The van der Waals surface area contributed by atoms with Crippen LogP contribution in [0.1, 0.15) is 86.9 Å². The van der Waals surface area contributed by atoms with Crippen molar-refractivity contribution in [3.05, 3.63) is 89.5 Å². The van der Waals surface area contributed by atoms with Crippen molar-refractivity contribution in [2.45, 2.75) is 71.1 Å². The van der Waals surface area contributed by atoms with Gasteiger partial charge >= 0.3 is 5.97 Å². The van der Waals surface area contributed by atoms with Gasteiger partial charge in [-0.1, -0.05) is 74.7 Å². The molecule has 0 spiro atoms. The van der Waals surface area contributed by atoms with Gasteiger partial charge in [-0.15, -0.1) is 0 Å². The highest BCUT2D eigenvalue weighted by molar-refractivity contribution is 5.94. The van der Waals surface area contributed by atoms with E-state index in [0.29, 0.717) is 11.1 Å². The number of amides is 1. The van der Waals surface area contributed by atoms with E-state index in [4.69, 9.17) is 9.84 Å². The van der Waals surface area contributed by atoms with Crippen molar-refractivity contribution in [2.24, 2.45) is 0 Å². The molecule has 0 bridgehead atoms. The van der Waals surface area contributed by atoms with Crippen LogP contribution in [0.15, 0.2) is 72.8 Å². The van der Waals surface area contributed by atoms with Crippen molar-refractivity contribution in [3.8, 4) is 16.9 Å². The lowest BCUT2D eigenvalue weighted by atomic mass is 9.97. The molecule has 0 heterocycles. The molecule has 0 saturated heterocycles. The van der Waals surface area contributed by atoms with Crippen LogP contribution in [0.2, 0.25) is 0 Å². The molecule has 0 aliphatic carbocycles. The van der Waals surface area contributed by atoms with Crippen LogP contribution in [0.5, 0.6) is 5.75 Å². The zero-order chi connectivity index (χ0) is 27.5. The van der Waals surface area contributed by atoms with Crippen LogP contribution in [0.4, 0.5) is 4.39 Å². The van der Waals surface area contributed by atoms with E-state index in [-0.39, 0.29) is 25.0 Å². The van der Waals surface area contributed by atoms with Crippen molar-refractivity contribution in [1.29, 1.82) is 0 Å². The van der Waals surface area contributed by atoms with Crippen LogP contribution < -0.4 is 10.1 Å². The molecule has 0 aliphatic heterocycles. The Hall–Kier alpha value is -3.67. The fourth-order valence-corrected chi connectivity index (χ4v) is 4.23. The minimum absolute atomic E-state index is 0.0903. The number of carboxylic acids is 1. The molecule has 2 N–H and O–H groups in total. The number of benzene rings is 3. The average molecular weight is 520 g/mol. The average Bonchev–Trinajstić information content (AvgIpc) is 2.90. The van der Waals surface area contributed by atoms with Gasteiger partial charge in [-0.05, 0) is 73.2 Å². The highest BCUT2D eigenvalue weighted by atomic mass is 19.1. The van der Waals surface area contributed by atoms with Gasteiger partial charge in [0, 0.05) is 12.1 Å². The summed E-state index contributed by atoms with van der Waals surface area (Å²) in [6.45, 7) is 5.38. The second-order valence-corrected chi connectivity index (χ2v) is 10.1. The molecule has 1 unspecified atom stereocenters. The number of hydrogen-bond acceptors (Lipinski definition) is 3. The number of unbranched alkanes of at least 4 members (excludes halogenated alkanes) is 3. The zero-order valence-electron chi connectivity index (χ0n) is 22.5. The second-order valence-electron chi connectivity index (χ2n) is 10.1. The molecule has 1 amide bonds. The molecule has 3 aromatic rings. The first-order valence-electron chi connectivity index (χ1n) is 13.3. The van der Waals surface area contributed by atoms with Crippen molar-refractivity contribution in [3.63, 3.8) is 0 Å². The molecule has 38 heavy (non-hydrogen) atoms. The largest absolute Gasteiger partial charge is 0.486 e. The van der Waals surface area contributed by atoms with Crippen molar-refractivity contribution < 1.29 is 23.8 Å². The van der Waals surface area contributed by atoms with E-state index in [9.17, 15) is 14.0 Å². The SMILES string of the molecule is CCCCCCC(Oc1ccc(-c2ccc(C(C)(C)F)cc2)cc1)c1ccc(C(=O)NCCC(=O)O)cc1. The van der Waals surface area contributed by atoms with E-state index >= 15 is 0 Å². The van der Waals surface area contributed by atoms with Gasteiger partial charge in [-0.25, -0.2) is 4.39 Å². The van der Waals surface area contributed by atoms with Gasteiger partial charge in [0.15, 0.2) is 0 Å². The topological polar surface area (TPSA) is 75.6 Å². The van der Waals surface area contributed by atoms with Crippen molar-refractivity contribution in [2.75, 3.05) is 6.54 Å². The zero-order valence-corrected chi connectivity index (χ0v) is 22.5. The summed E-state index contributed by atoms with van der Waals surface area (Å²) in [5.74, 6) is -0.487. The summed E-state index contributed by atoms with van der Waals surface area (Å²) in [6, 6.07) is 22.7. The monoisotopic (exact) mass is 519 g/mol. The molecule has 0 radical (unpaired) electrons. The minimum Gasteiger partial charge on any atom is -0.486 e. The molecule has 3 aromatic carbocycles. The van der Waals surface area contributed by atoms with Crippen LogP contribution >= 0.6 is 0 Å². The number of carboxylic acid groups (broad SMARTS) is 1. The molecule has 6 heteroatoms. The molecular weight excluding hydrogens is 481 g/mol. The van der Waals surface area contributed by atoms with Crippen molar-refractivity contribution in [1.82, 2.24) is 5.32 Å². The number of carbonyl (C=O) groups excluding carboxylic acids is 1. The smallest absolute Gasteiger partial charge is 0.305 e. The van der Waals surface area contributed by atoms with Gasteiger partial charge in [0.05, 0.1) is 6.42 Å². The highest BCUT2D eigenvalue weighted by Crippen LogP contribution is 2.31. The Morgan fingerprint density at radius 3 is 2.05 bits per heavy atom. The molecule has 0 aliphatic rings. The van der Waals surface area contributed by atoms with Crippen LogP contribution in [0.3, 0.4) is 0 Å². The Morgan fingerprint density at radius 2 is 1.50 bits per heavy atom. The van der Waals surface area contributed by atoms with E-state index in [1.54, 1.807) is 26.0 Å². The molecular formula is C32H38FNO4. The Balaban J connectivity index is 1.70. The van der Waals surface area contributed by atoms with Gasteiger partial charge < -0.3 is 15.2 Å². The number of carbonyl (C=O) groups is 2. The third kappa shape index (κ3) is 8.72. The summed E-state index contributed by atoms with van der Waals surface area (Å²) < 4.78 is 20.6. The third-order valence-electron chi connectivity index (χ3n) is 6.53. The lowest BCUT2D eigenvalue weighted by molar-refractivity contribution is -0.136. The Morgan fingerprint density at radius 1 is 0.895 bits per heavy atom. The summed E-state index contributed by atoms with van der Waals surface area (Å²) >= 11 is 0. The van der Waals surface area contributed by atoms with Crippen molar-refractivity contribution >= 4 is 11.9 Å². The van der Waals surface area contributed by atoms with E-state index < -0.39 is 11.6 Å². The predicted molar refractivity (Wildman–Crippen MR) is 149 cm³/mol. The number of aliphatic carboxylic acids is 1. The quantitative estimate of drug-likeness (QED) is 0.213. The fraction of sp³-hybridized carbons (Fsp3) is 0.375. The molecule has 0 fully saturated rings. The fourth-order valence-electron chi connectivity index (χ4n) is 4.23. The molecule has 0 saturated carbocycles. The lowest BCUT2D eigenvalue weighted by Crippen LogP contribution is -2.26. The summed E-state index contributed by atoms with van der Waals surface area (Å²) in [5.41, 5.74) is 2.78. The molecule has 5 nitrogen and oxygen atoms in total. The second kappa shape index (κ2) is 13.8. The first-order valence-corrected chi connectivity index (χ1v) is 13.3. The van der Waals surface area contributed by atoms with Crippen LogP contribution in [0.25, 0.3) is 11.1 Å². The Labute approximate surface area is 225 Å². The number of ether oxygens (including phenoxy) is 1. The maximum absolute atomic E-state index is 14.2. The first-order chi connectivity index (χ1) is 18.2. The summed E-state index contributed by atoms with van der Waals surface area (Å²) in [7, 11) is 0. The summed E-state index contributed by atoms with van der Waals surface area (Å²) in [5, 5.41) is 11.4. The number of hydrogen-bond donors (Lipinski definition) is 2. The number of alkyl halides is 1. The summed E-state index contributed by atoms with van der Waals surface area (Å²) in [4.78, 5) is 23.0. The number of nitrogens with one attached hydrogen (secondary N) is 1. The van der Waals surface area contributed by atoms with Gasteiger partial charge in [-0.3, -0.25) is 9.59 Å².